The fourth-order valence-electron chi connectivity index (χ4n) is 1.93. The molecule has 0 unspecified atom stereocenters. The summed E-state index contributed by atoms with van der Waals surface area (Å²) in [4.78, 5) is 26.9. The molecule has 0 fully saturated rings. The molecule has 23 heavy (non-hydrogen) atoms. The van der Waals surface area contributed by atoms with Gasteiger partial charge in [-0.05, 0) is 36.4 Å². The van der Waals surface area contributed by atoms with Crippen LogP contribution in [0.1, 0.15) is 10.4 Å². The van der Waals surface area contributed by atoms with Crippen LogP contribution in [0.5, 0.6) is 0 Å². The molecule has 0 aliphatic carbocycles. The third-order valence-corrected chi connectivity index (χ3v) is 3.84. The third kappa shape index (κ3) is 3.70. The number of hydrogen-bond donors (Lipinski definition) is 2. The fraction of sp³-hybridized carbons (Fsp3) is 0.0625. The maximum Gasteiger partial charge on any atom is 0.335 e. The highest BCUT2D eigenvalue weighted by molar-refractivity contribution is 7.99. The number of thioether (sulfide) groups is 1. The lowest BCUT2D eigenvalue weighted by molar-refractivity contribution is -0.113. The van der Waals surface area contributed by atoms with Crippen molar-refractivity contribution >= 4 is 40.4 Å². The van der Waals surface area contributed by atoms with Crippen molar-refractivity contribution in [1.82, 2.24) is 4.98 Å². The number of nitrogens with zero attached hydrogens (tertiary/aromatic N) is 1. The highest BCUT2D eigenvalue weighted by Gasteiger charge is 2.09. The van der Waals surface area contributed by atoms with E-state index in [-0.39, 0.29) is 17.2 Å². The van der Waals surface area contributed by atoms with Gasteiger partial charge in [0, 0.05) is 5.69 Å². The number of aromatic carboxylic acids is 1. The molecule has 0 spiro atoms. The molecule has 116 valence electrons. The van der Waals surface area contributed by atoms with E-state index in [2.05, 4.69) is 10.3 Å². The maximum atomic E-state index is 11.9. The molecular formula is C16H12N2O4S. The largest absolute Gasteiger partial charge is 0.478 e. The number of oxazole rings is 1. The van der Waals surface area contributed by atoms with Crippen molar-refractivity contribution in [2.24, 2.45) is 0 Å². The molecule has 0 aliphatic rings. The Morgan fingerprint density at radius 1 is 1.13 bits per heavy atom. The molecule has 1 amide bonds. The smallest absolute Gasteiger partial charge is 0.335 e. The Morgan fingerprint density at radius 3 is 2.57 bits per heavy atom. The van der Waals surface area contributed by atoms with Gasteiger partial charge in [0.05, 0.1) is 11.3 Å². The second-order valence-electron chi connectivity index (χ2n) is 4.67. The number of carboxylic acids is 1. The predicted molar refractivity (Wildman–Crippen MR) is 86.8 cm³/mol. The monoisotopic (exact) mass is 328 g/mol. The summed E-state index contributed by atoms with van der Waals surface area (Å²) in [5.41, 5.74) is 2.14. The summed E-state index contributed by atoms with van der Waals surface area (Å²) in [5.74, 6) is -1.08. The van der Waals surface area contributed by atoms with E-state index < -0.39 is 5.97 Å². The summed E-state index contributed by atoms with van der Waals surface area (Å²) in [6, 6.07) is 13.3. The molecule has 1 aromatic heterocycles. The summed E-state index contributed by atoms with van der Waals surface area (Å²) >= 11 is 1.20. The van der Waals surface area contributed by atoms with Crippen LogP contribution in [-0.4, -0.2) is 27.7 Å². The number of hydrogen-bond acceptors (Lipinski definition) is 5. The number of anilines is 1. The van der Waals surface area contributed by atoms with E-state index in [4.69, 9.17) is 9.52 Å². The van der Waals surface area contributed by atoms with Gasteiger partial charge in [0.1, 0.15) is 5.52 Å². The van der Waals surface area contributed by atoms with E-state index in [0.29, 0.717) is 16.5 Å². The maximum absolute atomic E-state index is 11.9. The SMILES string of the molecule is O=C(CSc1nc2ccccc2o1)Nc1ccc(C(=O)O)cc1. The van der Waals surface area contributed by atoms with Crippen molar-refractivity contribution in [3.05, 3.63) is 54.1 Å². The summed E-state index contributed by atoms with van der Waals surface area (Å²) in [7, 11) is 0. The number of amides is 1. The van der Waals surface area contributed by atoms with Crippen molar-refractivity contribution in [3.63, 3.8) is 0 Å². The van der Waals surface area contributed by atoms with E-state index in [9.17, 15) is 9.59 Å². The molecule has 2 aromatic carbocycles. The Balaban J connectivity index is 1.57. The van der Waals surface area contributed by atoms with Gasteiger partial charge >= 0.3 is 5.97 Å². The van der Waals surface area contributed by atoms with E-state index >= 15 is 0 Å². The van der Waals surface area contributed by atoms with Gasteiger partial charge in [-0.1, -0.05) is 23.9 Å². The average molecular weight is 328 g/mol. The first-order valence-corrected chi connectivity index (χ1v) is 7.72. The molecule has 0 atom stereocenters. The number of rotatable bonds is 5. The van der Waals surface area contributed by atoms with E-state index in [1.807, 2.05) is 24.3 Å². The summed E-state index contributed by atoms with van der Waals surface area (Å²) in [5, 5.41) is 11.9. The summed E-state index contributed by atoms with van der Waals surface area (Å²) in [6.45, 7) is 0. The van der Waals surface area contributed by atoms with Crippen LogP contribution in [0, 0.1) is 0 Å². The molecule has 6 nitrogen and oxygen atoms in total. The number of para-hydroxylation sites is 2. The number of nitrogens with one attached hydrogen (secondary N) is 1. The Labute approximate surface area is 135 Å². The zero-order valence-corrected chi connectivity index (χ0v) is 12.7. The molecule has 0 aliphatic heterocycles. The second kappa shape index (κ2) is 6.53. The highest BCUT2D eigenvalue weighted by Crippen LogP contribution is 2.23. The topological polar surface area (TPSA) is 92.4 Å². The highest BCUT2D eigenvalue weighted by atomic mass is 32.2. The number of aromatic nitrogens is 1. The van der Waals surface area contributed by atoms with Crippen LogP contribution in [0.25, 0.3) is 11.1 Å². The van der Waals surface area contributed by atoms with Crippen molar-refractivity contribution in [2.45, 2.75) is 5.22 Å². The van der Waals surface area contributed by atoms with Gasteiger partial charge in [-0.2, -0.15) is 0 Å². The third-order valence-electron chi connectivity index (χ3n) is 3.02. The van der Waals surface area contributed by atoms with Gasteiger partial charge in [-0.25, -0.2) is 9.78 Å². The van der Waals surface area contributed by atoms with Gasteiger partial charge in [-0.15, -0.1) is 0 Å². The van der Waals surface area contributed by atoms with Gasteiger partial charge in [0.15, 0.2) is 5.58 Å². The summed E-state index contributed by atoms with van der Waals surface area (Å²) < 4.78 is 5.52. The van der Waals surface area contributed by atoms with Gasteiger partial charge in [0.2, 0.25) is 5.91 Å². The van der Waals surface area contributed by atoms with Gasteiger partial charge in [-0.3, -0.25) is 4.79 Å². The molecule has 3 rings (SSSR count). The Bertz CT molecular complexity index is 825. The lowest BCUT2D eigenvalue weighted by Gasteiger charge is -2.04. The van der Waals surface area contributed by atoms with Crippen LogP contribution in [0.4, 0.5) is 5.69 Å². The van der Waals surface area contributed by atoms with Crippen LogP contribution in [0.15, 0.2) is 58.2 Å². The molecule has 7 heteroatoms. The van der Waals surface area contributed by atoms with Crippen LogP contribution < -0.4 is 5.32 Å². The number of carboxylic acid groups (broad SMARTS) is 1. The minimum atomic E-state index is -1.01. The molecule has 3 aromatic rings. The Kier molecular flexibility index (Phi) is 4.29. The molecule has 0 radical (unpaired) electrons. The second-order valence-corrected chi connectivity index (χ2v) is 5.59. The van der Waals surface area contributed by atoms with Gasteiger partial charge in [0.25, 0.3) is 5.22 Å². The lowest BCUT2D eigenvalue weighted by Crippen LogP contribution is -2.14. The summed E-state index contributed by atoms with van der Waals surface area (Å²) in [6.07, 6.45) is 0. The van der Waals surface area contributed by atoms with E-state index in [1.54, 1.807) is 12.1 Å². The normalized spacial score (nSPS) is 10.6. The van der Waals surface area contributed by atoms with Crippen LogP contribution in [0.3, 0.4) is 0 Å². The van der Waals surface area contributed by atoms with Crippen LogP contribution in [0.2, 0.25) is 0 Å². The lowest BCUT2D eigenvalue weighted by atomic mass is 10.2. The quantitative estimate of drug-likeness (QED) is 0.698. The molecule has 0 bridgehead atoms. The molecule has 1 heterocycles. The number of fused-ring (bicyclic) bond motifs is 1. The number of carbonyl (C=O) groups is 2. The standard InChI is InChI=1S/C16H12N2O4S/c19-14(17-11-7-5-10(6-8-11)15(20)21)9-23-16-18-12-3-1-2-4-13(12)22-16/h1-8H,9H2,(H,17,19)(H,20,21). The molecule has 0 saturated carbocycles. The fourth-order valence-corrected chi connectivity index (χ4v) is 2.57. The van der Waals surface area contributed by atoms with Crippen molar-refractivity contribution in [2.75, 3.05) is 11.1 Å². The zero-order valence-electron chi connectivity index (χ0n) is 11.9. The first kappa shape index (κ1) is 15.1. The number of carbonyl (C=O) groups excluding carboxylic acids is 1. The Hall–Kier alpha value is -2.80. The molecule has 0 saturated heterocycles. The van der Waals surface area contributed by atoms with Crippen LogP contribution >= 0.6 is 11.8 Å². The minimum absolute atomic E-state index is 0.146. The van der Waals surface area contributed by atoms with E-state index in [0.717, 1.165) is 5.52 Å². The molecule has 2 N–H and O–H groups in total. The first-order valence-electron chi connectivity index (χ1n) is 6.73. The average Bonchev–Trinajstić information content (AvgIpc) is 2.96. The van der Waals surface area contributed by atoms with Crippen LogP contribution in [-0.2, 0) is 4.79 Å². The van der Waals surface area contributed by atoms with Crippen molar-refractivity contribution in [1.29, 1.82) is 0 Å². The Morgan fingerprint density at radius 2 is 1.87 bits per heavy atom. The zero-order chi connectivity index (χ0) is 16.2. The van der Waals surface area contributed by atoms with E-state index in [1.165, 1.54) is 23.9 Å². The first-order chi connectivity index (χ1) is 11.1. The van der Waals surface area contributed by atoms with Crippen molar-refractivity contribution < 1.29 is 19.1 Å². The molecular weight excluding hydrogens is 316 g/mol. The number of benzene rings is 2. The predicted octanol–water partition coefficient (Wildman–Crippen LogP) is 3.26. The minimum Gasteiger partial charge on any atom is -0.478 e. The van der Waals surface area contributed by atoms with Crippen molar-refractivity contribution in [3.8, 4) is 0 Å². The van der Waals surface area contributed by atoms with Gasteiger partial charge < -0.3 is 14.8 Å².